The first-order valence-corrected chi connectivity index (χ1v) is 21.5. The quantitative estimate of drug-likeness (QED) is 0.239. The number of hydrogen-bond donors (Lipinski definition) is 2. The number of carbonyl (C=O) groups is 4. The Kier molecular flexibility index (Phi) is 14.3. The number of nitrogens with two attached hydrogens (primary N) is 1. The van der Waals surface area contributed by atoms with E-state index >= 15 is 0 Å². The number of amides is 4. The molecule has 0 radical (unpaired) electrons. The molecule has 18 heteroatoms. The van der Waals surface area contributed by atoms with Crippen molar-refractivity contribution in [1.29, 1.82) is 0 Å². The minimum absolute atomic E-state index is 0.0131. The lowest BCUT2D eigenvalue weighted by molar-refractivity contribution is -0.155. The number of halogens is 4. The first kappa shape index (κ1) is 43.8. The molecular formula is C42H55ClF3N7O7. The summed E-state index contributed by atoms with van der Waals surface area (Å²) in [5.41, 5.74) is 5.80. The molecule has 5 aliphatic rings. The number of anilines is 2. The van der Waals surface area contributed by atoms with Gasteiger partial charge in [-0.15, -0.1) is 0 Å². The van der Waals surface area contributed by atoms with Crippen LogP contribution in [0.15, 0.2) is 36.4 Å². The molecule has 2 atom stereocenters. The van der Waals surface area contributed by atoms with E-state index in [1.807, 2.05) is 24.3 Å². The molecule has 7 rings (SSSR count). The lowest BCUT2D eigenvalue weighted by atomic mass is 9.94. The number of alkyl halides is 3. The van der Waals surface area contributed by atoms with Crippen LogP contribution in [0.5, 0.6) is 0 Å². The number of carbonyl (C=O) groups excluding carboxylic acids is 4. The van der Waals surface area contributed by atoms with Crippen LogP contribution in [-0.4, -0.2) is 151 Å². The number of urea groups is 1. The van der Waals surface area contributed by atoms with Gasteiger partial charge in [0.1, 0.15) is 12.6 Å². The van der Waals surface area contributed by atoms with E-state index in [-0.39, 0.29) is 60.2 Å². The lowest BCUT2D eigenvalue weighted by Gasteiger charge is -2.44. The van der Waals surface area contributed by atoms with Gasteiger partial charge in [-0.3, -0.25) is 19.4 Å². The second-order valence-electron chi connectivity index (χ2n) is 16.3. The second kappa shape index (κ2) is 19.6. The smallest absolute Gasteiger partial charge is 0.418 e. The Morgan fingerprint density at radius 1 is 0.900 bits per heavy atom. The van der Waals surface area contributed by atoms with Gasteiger partial charge in [0.15, 0.2) is 6.10 Å². The summed E-state index contributed by atoms with van der Waals surface area (Å²) >= 11 is 6.16. The standard InChI is InChI=1S/C42H55ClF3N7O7/c43-33-26-28(25-32(37(33)47)42(44,45)46)27-36(60-41(57)51-16-11-31(12-17-51)53-18-8-29-5-1-2-6-34(29)48-40(53)56)38(54)50-14-9-30(10-15-50)52-13-4-3-7-35(52)39(55)59-24-21-49-19-22-58-23-20-49/h1-2,5-6,25-26,30-31,35-36H,3-4,7-24,27,47H2,(H,48,56)/t35-,36+/m0/s1. The van der Waals surface area contributed by atoms with Crippen molar-refractivity contribution in [3.63, 3.8) is 0 Å². The highest BCUT2D eigenvalue weighted by atomic mass is 35.5. The van der Waals surface area contributed by atoms with Crippen LogP contribution in [0.2, 0.25) is 5.02 Å². The summed E-state index contributed by atoms with van der Waals surface area (Å²) in [6, 6.07) is 9.07. The molecule has 0 bridgehead atoms. The Morgan fingerprint density at radius 3 is 2.33 bits per heavy atom. The highest BCUT2D eigenvalue weighted by molar-refractivity contribution is 6.33. The zero-order chi connectivity index (χ0) is 42.4. The first-order chi connectivity index (χ1) is 28.9. The maximum absolute atomic E-state index is 14.3. The third-order valence-electron chi connectivity index (χ3n) is 12.6. The van der Waals surface area contributed by atoms with Gasteiger partial charge in [-0.05, 0) is 80.8 Å². The molecule has 14 nitrogen and oxygen atoms in total. The Hall–Kier alpha value is -4.32. The molecule has 4 amide bonds. The molecule has 0 saturated carbocycles. The predicted octanol–water partition coefficient (Wildman–Crippen LogP) is 5.26. The van der Waals surface area contributed by atoms with E-state index in [1.54, 1.807) is 9.80 Å². The Balaban J connectivity index is 0.987. The van der Waals surface area contributed by atoms with Gasteiger partial charge < -0.3 is 40.0 Å². The van der Waals surface area contributed by atoms with Gasteiger partial charge in [0, 0.05) is 76.5 Å². The minimum atomic E-state index is -4.80. The van der Waals surface area contributed by atoms with E-state index in [9.17, 15) is 32.3 Å². The lowest BCUT2D eigenvalue weighted by Crippen LogP contribution is -2.56. The van der Waals surface area contributed by atoms with E-state index in [0.717, 1.165) is 49.8 Å². The molecule has 328 valence electrons. The number of rotatable bonds is 10. The number of nitrogens with zero attached hydrogens (tertiary/aromatic N) is 5. The van der Waals surface area contributed by atoms with Crippen molar-refractivity contribution in [2.24, 2.45) is 0 Å². The SMILES string of the molecule is Nc1c(Cl)cc(C[C@@H](OC(=O)N2CCC(N3CCc4ccccc4NC3=O)CC2)C(=O)N2CCC(N3CCCC[C@H]3C(=O)OCCN3CCOCC3)CC2)cc1C(F)(F)F. The number of fused-ring (bicyclic) bond motifs is 1. The van der Waals surface area contributed by atoms with Crippen LogP contribution in [0.25, 0.3) is 0 Å². The van der Waals surface area contributed by atoms with E-state index < -0.39 is 35.5 Å². The summed E-state index contributed by atoms with van der Waals surface area (Å²) in [5, 5.41) is 2.66. The first-order valence-electron chi connectivity index (χ1n) is 21.1. The number of nitrogens with one attached hydrogen (secondary N) is 1. The summed E-state index contributed by atoms with van der Waals surface area (Å²) in [7, 11) is 0. The molecule has 0 aromatic heterocycles. The van der Waals surface area contributed by atoms with Gasteiger partial charge >= 0.3 is 24.3 Å². The number of ether oxygens (including phenoxy) is 3. The molecule has 2 aromatic rings. The number of para-hydroxylation sites is 1. The van der Waals surface area contributed by atoms with Crippen molar-refractivity contribution in [3.05, 3.63) is 58.1 Å². The second-order valence-corrected chi connectivity index (χ2v) is 16.7. The highest BCUT2D eigenvalue weighted by Gasteiger charge is 2.40. The largest absolute Gasteiger partial charge is 0.463 e. The van der Waals surface area contributed by atoms with Gasteiger partial charge in [-0.2, -0.15) is 13.2 Å². The fourth-order valence-electron chi connectivity index (χ4n) is 9.18. The van der Waals surface area contributed by atoms with E-state index in [1.165, 1.54) is 11.0 Å². The molecule has 3 N–H and O–H groups in total. The molecule has 4 fully saturated rings. The van der Waals surface area contributed by atoms with Crippen LogP contribution in [0, 0.1) is 0 Å². The molecule has 5 aliphatic heterocycles. The topological polar surface area (TPSA) is 150 Å². The van der Waals surface area contributed by atoms with Crippen molar-refractivity contribution >= 4 is 47.0 Å². The normalized spacial score (nSPS) is 22.1. The molecule has 0 aliphatic carbocycles. The summed E-state index contributed by atoms with van der Waals surface area (Å²) in [5.74, 6) is -0.769. The molecule has 60 heavy (non-hydrogen) atoms. The van der Waals surface area contributed by atoms with E-state index in [0.29, 0.717) is 84.5 Å². The third-order valence-corrected chi connectivity index (χ3v) is 12.9. The number of esters is 1. The Morgan fingerprint density at radius 2 is 1.60 bits per heavy atom. The fourth-order valence-corrected chi connectivity index (χ4v) is 9.42. The number of morpholine rings is 1. The maximum Gasteiger partial charge on any atom is 0.418 e. The zero-order valence-corrected chi connectivity index (χ0v) is 34.6. The average molecular weight is 862 g/mol. The van der Waals surface area contributed by atoms with Crippen LogP contribution in [0.4, 0.5) is 34.1 Å². The van der Waals surface area contributed by atoms with Crippen molar-refractivity contribution in [2.45, 2.75) is 88.2 Å². The van der Waals surface area contributed by atoms with E-state index in [4.69, 9.17) is 31.5 Å². The number of piperidine rings is 3. The highest BCUT2D eigenvalue weighted by Crippen LogP contribution is 2.38. The van der Waals surface area contributed by atoms with Gasteiger partial charge in [0.25, 0.3) is 5.91 Å². The van der Waals surface area contributed by atoms with Crippen LogP contribution < -0.4 is 11.1 Å². The van der Waals surface area contributed by atoms with E-state index in [2.05, 4.69) is 15.1 Å². The van der Waals surface area contributed by atoms with Crippen molar-refractivity contribution in [2.75, 3.05) is 89.8 Å². The fraction of sp³-hybridized carbons (Fsp3) is 0.619. The van der Waals surface area contributed by atoms with Crippen LogP contribution >= 0.6 is 11.6 Å². The van der Waals surface area contributed by atoms with Crippen molar-refractivity contribution in [3.8, 4) is 0 Å². The minimum Gasteiger partial charge on any atom is -0.463 e. The number of benzene rings is 2. The van der Waals surface area contributed by atoms with Gasteiger partial charge in [-0.25, -0.2) is 9.59 Å². The predicted molar refractivity (Wildman–Crippen MR) is 217 cm³/mol. The average Bonchev–Trinajstić information content (AvgIpc) is 3.42. The van der Waals surface area contributed by atoms with Crippen LogP contribution in [0.3, 0.4) is 0 Å². The Bertz CT molecular complexity index is 1850. The van der Waals surface area contributed by atoms with Crippen LogP contribution in [0.1, 0.15) is 61.6 Å². The van der Waals surface area contributed by atoms with Gasteiger partial charge in [-0.1, -0.05) is 36.2 Å². The molecule has 0 spiro atoms. The number of likely N-dealkylation sites (tertiary alicyclic amines) is 3. The molecule has 2 aromatic carbocycles. The Labute approximate surface area is 353 Å². The summed E-state index contributed by atoms with van der Waals surface area (Å²) in [4.78, 5) is 63.8. The number of hydrogen-bond acceptors (Lipinski definition) is 10. The summed E-state index contributed by atoms with van der Waals surface area (Å²) in [6.07, 6.45) is -2.09. The number of nitrogen functional groups attached to an aromatic ring is 1. The molecular weight excluding hydrogens is 807 g/mol. The molecule has 0 unspecified atom stereocenters. The maximum atomic E-state index is 14.3. The third kappa shape index (κ3) is 10.6. The van der Waals surface area contributed by atoms with Gasteiger partial charge in [0.2, 0.25) is 0 Å². The summed E-state index contributed by atoms with van der Waals surface area (Å²) in [6.45, 7) is 6.27. The monoisotopic (exact) mass is 861 g/mol. The molecule has 5 heterocycles. The molecule has 4 saturated heterocycles. The van der Waals surface area contributed by atoms with Gasteiger partial charge in [0.05, 0.1) is 29.5 Å². The summed E-state index contributed by atoms with van der Waals surface area (Å²) < 4.78 is 59.0. The van der Waals surface area contributed by atoms with Crippen molar-refractivity contribution < 1.29 is 46.6 Å². The zero-order valence-electron chi connectivity index (χ0n) is 33.8. The van der Waals surface area contributed by atoms with Crippen molar-refractivity contribution in [1.82, 2.24) is 24.5 Å². The van der Waals surface area contributed by atoms with Crippen LogP contribution in [-0.2, 0) is 42.8 Å².